The Morgan fingerprint density at radius 2 is 1.82 bits per heavy atom. The normalized spacial score (nSPS) is 12.5. The Labute approximate surface area is 230 Å². The molecular weight excluding hydrogens is 504 g/mol. The Morgan fingerprint density at radius 3 is 2.50 bits per heavy atom. The van der Waals surface area contributed by atoms with Gasteiger partial charge in [-0.05, 0) is 30.0 Å². The van der Waals surface area contributed by atoms with E-state index in [9.17, 15) is 9.59 Å². The van der Waals surface area contributed by atoms with E-state index >= 15 is 0 Å². The first kappa shape index (κ1) is 29.6. The molecule has 0 fully saturated rings. The van der Waals surface area contributed by atoms with Gasteiger partial charge in [-0.1, -0.05) is 70.3 Å². The maximum atomic E-state index is 12.7. The van der Waals surface area contributed by atoms with Crippen molar-refractivity contribution in [2.75, 3.05) is 38.4 Å². The molecule has 2 aromatic heterocycles. The first-order valence-corrected chi connectivity index (χ1v) is 13.4. The van der Waals surface area contributed by atoms with Crippen molar-refractivity contribution in [3.05, 3.63) is 53.8 Å². The predicted octanol–water partition coefficient (Wildman–Crippen LogP) is 5.37. The van der Waals surface area contributed by atoms with E-state index in [4.69, 9.17) is 21.1 Å². The lowest BCUT2D eigenvalue weighted by molar-refractivity contribution is -0.129. The molecular formula is C29H39ClN4O4. The molecule has 0 bridgehead atoms. The number of carbonyl (C=O) groups excluding carboxylic acids is 2. The Bertz CT molecular complexity index is 1220. The maximum Gasteiger partial charge on any atom is 0.252 e. The number of unbranched alkanes of at least 4 members (excludes halogenated alkanes) is 1. The van der Waals surface area contributed by atoms with Crippen molar-refractivity contribution in [2.45, 2.75) is 53.0 Å². The zero-order valence-corrected chi connectivity index (χ0v) is 23.8. The molecule has 0 radical (unpaired) electrons. The number of pyridine rings is 1. The minimum atomic E-state index is -0.203. The molecule has 9 heteroatoms. The van der Waals surface area contributed by atoms with E-state index in [-0.39, 0.29) is 49.7 Å². The number of amides is 2. The standard InChI is InChI=1S/C29H39ClN4O4/c1-6-7-12-25(29(2,3)4)32-27(35)19-37-15-16-38-20-28(36)33(5)21-13-14-26-31-17-24(34(26)18-21)22-10-8-9-11-23(22)30/h8-11,13-14,17-18,25H,6-7,12,15-16,19-20H2,1-5H3,(H,32,35)/t25-/m0/s1. The van der Waals surface area contributed by atoms with Crippen molar-refractivity contribution in [3.8, 4) is 11.3 Å². The molecule has 0 saturated heterocycles. The molecule has 0 aliphatic carbocycles. The van der Waals surface area contributed by atoms with Crippen molar-refractivity contribution in [3.63, 3.8) is 0 Å². The van der Waals surface area contributed by atoms with Crippen LogP contribution in [0.15, 0.2) is 48.8 Å². The second-order valence-electron chi connectivity index (χ2n) is 10.4. The third-order valence-corrected chi connectivity index (χ3v) is 6.79. The summed E-state index contributed by atoms with van der Waals surface area (Å²) in [7, 11) is 1.70. The van der Waals surface area contributed by atoms with Gasteiger partial charge in [-0.15, -0.1) is 0 Å². The number of anilines is 1. The van der Waals surface area contributed by atoms with Crippen LogP contribution >= 0.6 is 11.6 Å². The molecule has 0 aliphatic rings. The zero-order valence-electron chi connectivity index (χ0n) is 23.0. The Kier molecular flexibility index (Phi) is 10.7. The summed E-state index contributed by atoms with van der Waals surface area (Å²) >= 11 is 6.38. The smallest absolute Gasteiger partial charge is 0.252 e. The van der Waals surface area contributed by atoms with E-state index in [0.717, 1.165) is 36.2 Å². The molecule has 2 amide bonds. The van der Waals surface area contributed by atoms with Crippen LogP contribution in [0.25, 0.3) is 16.9 Å². The number of fused-ring (bicyclic) bond motifs is 1. The van der Waals surface area contributed by atoms with Gasteiger partial charge in [-0.3, -0.25) is 14.0 Å². The topological polar surface area (TPSA) is 85.2 Å². The highest BCUT2D eigenvalue weighted by atomic mass is 35.5. The van der Waals surface area contributed by atoms with Crippen LogP contribution in [0.4, 0.5) is 5.69 Å². The second kappa shape index (κ2) is 13.7. The van der Waals surface area contributed by atoms with Crippen LogP contribution in [0.3, 0.4) is 0 Å². The molecule has 38 heavy (non-hydrogen) atoms. The number of hydrogen-bond donors (Lipinski definition) is 1. The van der Waals surface area contributed by atoms with Gasteiger partial charge in [-0.25, -0.2) is 4.98 Å². The summed E-state index contributed by atoms with van der Waals surface area (Å²) in [5.74, 6) is -0.340. The van der Waals surface area contributed by atoms with Gasteiger partial charge >= 0.3 is 0 Å². The van der Waals surface area contributed by atoms with E-state index in [2.05, 4.69) is 38.0 Å². The van der Waals surface area contributed by atoms with Crippen LogP contribution in [-0.2, 0) is 19.1 Å². The predicted molar refractivity (Wildman–Crippen MR) is 152 cm³/mol. The first-order valence-electron chi connectivity index (χ1n) is 13.0. The molecule has 0 unspecified atom stereocenters. The lowest BCUT2D eigenvalue weighted by Gasteiger charge is -2.31. The van der Waals surface area contributed by atoms with E-state index in [1.165, 1.54) is 4.90 Å². The van der Waals surface area contributed by atoms with Gasteiger partial charge in [0.05, 0.1) is 30.8 Å². The highest BCUT2D eigenvalue weighted by molar-refractivity contribution is 6.33. The van der Waals surface area contributed by atoms with Gasteiger partial charge in [0.15, 0.2) is 0 Å². The molecule has 1 N–H and O–H groups in total. The van der Waals surface area contributed by atoms with Crippen LogP contribution in [0.5, 0.6) is 0 Å². The number of imidazole rings is 1. The Balaban J connectivity index is 1.45. The maximum absolute atomic E-state index is 12.7. The van der Waals surface area contributed by atoms with Crippen molar-refractivity contribution < 1.29 is 19.1 Å². The van der Waals surface area contributed by atoms with Gasteiger partial charge in [0.1, 0.15) is 18.9 Å². The second-order valence-corrected chi connectivity index (χ2v) is 10.8. The van der Waals surface area contributed by atoms with E-state index in [1.807, 2.05) is 47.0 Å². The fourth-order valence-corrected chi connectivity index (χ4v) is 4.32. The Hall–Kier alpha value is -2.94. The van der Waals surface area contributed by atoms with Crippen LogP contribution in [0.1, 0.15) is 47.0 Å². The molecule has 206 valence electrons. The number of carbonyl (C=O) groups is 2. The number of nitrogens with one attached hydrogen (secondary N) is 1. The molecule has 0 spiro atoms. The SMILES string of the molecule is CCCC[C@H](NC(=O)COCCOCC(=O)N(C)c1ccc2ncc(-c3ccccc3Cl)n2c1)C(C)(C)C. The van der Waals surface area contributed by atoms with Crippen molar-refractivity contribution in [1.82, 2.24) is 14.7 Å². The van der Waals surface area contributed by atoms with Crippen LogP contribution < -0.4 is 10.2 Å². The van der Waals surface area contributed by atoms with Crippen molar-refractivity contribution in [2.24, 2.45) is 5.41 Å². The van der Waals surface area contributed by atoms with E-state index in [1.54, 1.807) is 13.2 Å². The summed E-state index contributed by atoms with van der Waals surface area (Å²) in [5.41, 5.74) is 3.13. The van der Waals surface area contributed by atoms with Gasteiger partial charge in [0, 0.05) is 29.9 Å². The molecule has 0 saturated carbocycles. The number of likely N-dealkylation sites (N-methyl/N-ethyl adjacent to an activating group) is 1. The fourth-order valence-electron chi connectivity index (χ4n) is 4.08. The number of hydrogen-bond acceptors (Lipinski definition) is 5. The molecule has 1 aromatic carbocycles. The molecule has 3 aromatic rings. The summed E-state index contributed by atoms with van der Waals surface area (Å²) < 4.78 is 12.9. The molecule has 0 aliphatic heterocycles. The van der Waals surface area contributed by atoms with Crippen LogP contribution in [0.2, 0.25) is 5.02 Å². The van der Waals surface area contributed by atoms with E-state index < -0.39 is 0 Å². The summed E-state index contributed by atoms with van der Waals surface area (Å²) in [6.45, 7) is 8.82. The minimum absolute atomic E-state index is 0.0150. The average molecular weight is 543 g/mol. The summed E-state index contributed by atoms with van der Waals surface area (Å²) in [5, 5.41) is 3.71. The number of nitrogens with zero attached hydrogens (tertiary/aromatic N) is 3. The molecule has 8 nitrogen and oxygen atoms in total. The molecule has 2 heterocycles. The van der Waals surface area contributed by atoms with Crippen molar-refractivity contribution in [1.29, 1.82) is 0 Å². The third-order valence-electron chi connectivity index (χ3n) is 6.46. The molecule has 1 atom stereocenters. The monoisotopic (exact) mass is 542 g/mol. The van der Waals surface area contributed by atoms with Gasteiger partial charge in [0.25, 0.3) is 5.91 Å². The molecule has 3 rings (SSSR count). The highest BCUT2D eigenvalue weighted by Gasteiger charge is 2.25. The number of rotatable bonds is 13. The van der Waals surface area contributed by atoms with Gasteiger partial charge in [0.2, 0.25) is 5.91 Å². The fraction of sp³-hybridized carbons (Fsp3) is 0.483. The van der Waals surface area contributed by atoms with Gasteiger partial charge < -0.3 is 19.7 Å². The van der Waals surface area contributed by atoms with Gasteiger partial charge in [-0.2, -0.15) is 0 Å². The number of benzene rings is 1. The van der Waals surface area contributed by atoms with E-state index in [0.29, 0.717) is 10.7 Å². The quantitative estimate of drug-likeness (QED) is 0.293. The average Bonchev–Trinajstić information content (AvgIpc) is 3.30. The van der Waals surface area contributed by atoms with Crippen LogP contribution in [0, 0.1) is 5.41 Å². The summed E-state index contributed by atoms with van der Waals surface area (Å²) in [6, 6.07) is 11.4. The Morgan fingerprint density at radius 1 is 1.11 bits per heavy atom. The summed E-state index contributed by atoms with van der Waals surface area (Å²) in [4.78, 5) is 31.0. The summed E-state index contributed by atoms with van der Waals surface area (Å²) in [6.07, 6.45) is 6.72. The largest absolute Gasteiger partial charge is 0.369 e. The van der Waals surface area contributed by atoms with Crippen LogP contribution in [-0.4, -0.2) is 60.7 Å². The first-order chi connectivity index (χ1) is 18.1. The zero-order chi connectivity index (χ0) is 27.7. The minimum Gasteiger partial charge on any atom is -0.369 e. The number of halogens is 1. The highest BCUT2D eigenvalue weighted by Crippen LogP contribution is 2.29. The lowest BCUT2D eigenvalue weighted by atomic mass is 9.83. The number of ether oxygens (including phenoxy) is 2. The third kappa shape index (κ3) is 8.03. The number of aromatic nitrogens is 2. The lowest BCUT2D eigenvalue weighted by Crippen LogP contribution is -2.45. The van der Waals surface area contributed by atoms with Crippen molar-refractivity contribution >= 4 is 34.7 Å².